The molecule has 0 fully saturated rings. The highest BCUT2D eigenvalue weighted by Gasteiger charge is 2.49. The molecule has 3 aliphatic rings. The van der Waals surface area contributed by atoms with Crippen molar-refractivity contribution in [3.8, 4) is 11.5 Å². The van der Waals surface area contributed by atoms with Crippen LogP contribution in [0.5, 0.6) is 11.5 Å². The highest BCUT2D eigenvalue weighted by Crippen LogP contribution is 2.55. The highest BCUT2D eigenvalue weighted by molar-refractivity contribution is 9.10. The van der Waals surface area contributed by atoms with E-state index < -0.39 is 11.9 Å². The number of carboxylic acid groups (broad SMARTS) is 1. The van der Waals surface area contributed by atoms with Crippen LogP contribution in [0.2, 0.25) is 0 Å². The van der Waals surface area contributed by atoms with E-state index in [0.717, 1.165) is 23.4 Å². The summed E-state index contributed by atoms with van der Waals surface area (Å²) in [4.78, 5) is 41.5. The van der Waals surface area contributed by atoms with Gasteiger partial charge in [0.2, 0.25) is 0 Å². The van der Waals surface area contributed by atoms with Gasteiger partial charge in [0.15, 0.2) is 23.1 Å². The molecule has 39 heavy (non-hydrogen) atoms. The molecule has 0 amide bonds. The van der Waals surface area contributed by atoms with Crippen LogP contribution in [0.3, 0.4) is 0 Å². The SMILES string of the molecule is CCCOc1c(Br)cc(C2C3=C(CC(C)(C)CC3=O)N(CCC(=O)O)C3=C2C(=O)CC(C)(C)C3)cc1OCC. The third-order valence-electron chi connectivity index (χ3n) is 7.69. The van der Waals surface area contributed by atoms with Crippen molar-refractivity contribution in [1.29, 1.82) is 0 Å². The number of rotatable bonds is 9. The molecule has 7 nitrogen and oxygen atoms in total. The second kappa shape index (κ2) is 11.1. The fraction of sp³-hybridized carbons (Fsp3) is 0.581. The zero-order valence-corrected chi connectivity index (χ0v) is 25.5. The molecule has 0 aromatic heterocycles. The topological polar surface area (TPSA) is 93.1 Å². The molecule has 1 aliphatic heterocycles. The van der Waals surface area contributed by atoms with Crippen molar-refractivity contribution in [3.63, 3.8) is 0 Å². The quantitative estimate of drug-likeness (QED) is 0.333. The number of hydrogen-bond donors (Lipinski definition) is 1. The molecule has 1 aromatic rings. The van der Waals surface area contributed by atoms with E-state index in [4.69, 9.17) is 9.47 Å². The number of allylic oxidation sites excluding steroid dienone is 4. The van der Waals surface area contributed by atoms with Crippen LogP contribution in [-0.4, -0.2) is 47.3 Å². The Morgan fingerprint density at radius 3 is 2.03 bits per heavy atom. The summed E-state index contributed by atoms with van der Waals surface area (Å²) in [7, 11) is 0. The molecule has 0 unspecified atom stereocenters. The van der Waals surface area contributed by atoms with Crippen molar-refractivity contribution < 1.29 is 29.0 Å². The molecule has 1 heterocycles. The molecule has 1 N–H and O–H groups in total. The first-order valence-electron chi connectivity index (χ1n) is 13.9. The molecule has 1 aromatic carbocycles. The van der Waals surface area contributed by atoms with E-state index in [1.54, 1.807) is 0 Å². The first-order chi connectivity index (χ1) is 18.3. The Bertz CT molecular complexity index is 1200. The van der Waals surface area contributed by atoms with Gasteiger partial charge in [-0.05, 0) is 70.6 Å². The van der Waals surface area contributed by atoms with Crippen LogP contribution in [0, 0.1) is 10.8 Å². The molecule has 212 valence electrons. The molecular weight excluding hydrogens is 562 g/mol. The summed E-state index contributed by atoms with van der Waals surface area (Å²) >= 11 is 3.68. The van der Waals surface area contributed by atoms with Gasteiger partial charge in [0, 0.05) is 47.8 Å². The van der Waals surface area contributed by atoms with E-state index in [2.05, 4.69) is 43.6 Å². The molecule has 0 saturated heterocycles. The van der Waals surface area contributed by atoms with Crippen LogP contribution >= 0.6 is 15.9 Å². The van der Waals surface area contributed by atoms with Crippen molar-refractivity contribution in [2.45, 2.75) is 86.0 Å². The largest absolute Gasteiger partial charge is 0.490 e. The van der Waals surface area contributed by atoms with Crippen molar-refractivity contribution in [2.75, 3.05) is 19.8 Å². The first-order valence-corrected chi connectivity index (χ1v) is 14.7. The Balaban J connectivity index is 1.98. The lowest BCUT2D eigenvalue weighted by molar-refractivity contribution is -0.137. The van der Waals surface area contributed by atoms with Crippen molar-refractivity contribution in [2.24, 2.45) is 10.8 Å². The number of ether oxygens (including phenoxy) is 2. The molecule has 0 spiro atoms. The summed E-state index contributed by atoms with van der Waals surface area (Å²) in [5, 5.41) is 9.55. The molecule has 0 radical (unpaired) electrons. The first kappa shape index (κ1) is 29.4. The molecule has 4 rings (SSSR count). The Hall–Kier alpha value is -2.61. The monoisotopic (exact) mass is 601 g/mol. The van der Waals surface area contributed by atoms with Crippen molar-refractivity contribution >= 4 is 33.5 Å². The van der Waals surface area contributed by atoms with E-state index >= 15 is 0 Å². The molecular formula is C31H40BrNO6. The van der Waals surface area contributed by atoms with Gasteiger partial charge in [0.05, 0.1) is 24.1 Å². The summed E-state index contributed by atoms with van der Waals surface area (Å²) in [6, 6.07) is 3.85. The predicted molar refractivity (Wildman–Crippen MR) is 153 cm³/mol. The van der Waals surface area contributed by atoms with Gasteiger partial charge in [0.1, 0.15) is 0 Å². The van der Waals surface area contributed by atoms with Crippen LogP contribution in [0.15, 0.2) is 39.1 Å². The average molecular weight is 603 g/mol. The minimum atomic E-state index is -0.905. The number of carbonyl (C=O) groups is 3. The molecule has 0 saturated carbocycles. The van der Waals surface area contributed by atoms with E-state index in [1.165, 1.54) is 0 Å². The van der Waals surface area contributed by atoms with E-state index in [0.29, 0.717) is 66.0 Å². The van der Waals surface area contributed by atoms with Crippen LogP contribution < -0.4 is 9.47 Å². The van der Waals surface area contributed by atoms with E-state index in [1.807, 2.05) is 30.9 Å². The lowest BCUT2D eigenvalue weighted by atomic mass is 9.63. The van der Waals surface area contributed by atoms with Crippen LogP contribution in [0.25, 0.3) is 0 Å². The fourth-order valence-electron chi connectivity index (χ4n) is 6.22. The number of ketones is 2. The summed E-state index contributed by atoms with van der Waals surface area (Å²) in [5.74, 6) is -0.249. The second-order valence-corrected chi connectivity index (χ2v) is 13.3. The maximum absolute atomic E-state index is 13.9. The van der Waals surface area contributed by atoms with Crippen molar-refractivity contribution in [1.82, 2.24) is 4.90 Å². The van der Waals surface area contributed by atoms with Crippen molar-refractivity contribution in [3.05, 3.63) is 44.7 Å². The van der Waals surface area contributed by atoms with Gasteiger partial charge < -0.3 is 19.5 Å². The number of aliphatic carboxylic acids is 1. The zero-order chi connectivity index (χ0) is 28.7. The minimum Gasteiger partial charge on any atom is -0.490 e. The lowest BCUT2D eigenvalue weighted by Gasteiger charge is -2.49. The van der Waals surface area contributed by atoms with Gasteiger partial charge in [-0.15, -0.1) is 0 Å². The summed E-state index contributed by atoms with van der Waals surface area (Å²) in [6.07, 6.45) is 2.77. The molecule has 2 aliphatic carbocycles. The Morgan fingerprint density at radius 1 is 0.974 bits per heavy atom. The van der Waals surface area contributed by atoms with Gasteiger partial charge >= 0.3 is 5.97 Å². The molecule has 0 atom stereocenters. The summed E-state index contributed by atoms with van der Waals surface area (Å²) < 4.78 is 12.7. The number of hydrogen-bond acceptors (Lipinski definition) is 6. The number of halogens is 1. The minimum absolute atomic E-state index is 0.0103. The maximum atomic E-state index is 13.9. The third-order valence-corrected chi connectivity index (χ3v) is 8.28. The van der Waals surface area contributed by atoms with Gasteiger partial charge in [0.25, 0.3) is 0 Å². The molecule has 0 bridgehead atoms. The Labute approximate surface area is 239 Å². The smallest absolute Gasteiger partial charge is 0.305 e. The van der Waals surface area contributed by atoms with Gasteiger partial charge in [-0.2, -0.15) is 0 Å². The number of Topliss-reactive ketones (excluding diaryl/α,β-unsaturated/α-hetero) is 2. The van der Waals surface area contributed by atoms with Crippen LogP contribution in [-0.2, 0) is 14.4 Å². The summed E-state index contributed by atoms with van der Waals surface area (Å²) in [5.41, 5.74) is 3.19. The molecule has 8 heteroatoms. The van der Waals surface area contributed by atoms with E-state index in [-0.39, 0.29) is 35.4 Å². The van der Waals surface area contributed by atoms with Gasteiger partial charge in [-0.1, -0.05) is 34.6 Å². The Morgan fingerprint density at radius 2 is 1.54 bits per heavy atom. The zero-order valence-electron chi connectivity index (χ0n) is 23.9. The number of benzene rings is 1. The van der Waals surface area contributed by atoms with Gasteiger partial charge in [-0.25, -0.2) is 0 Å². The van der Waals surface area contributed by atoms with Crippen LogP contribution in [0.4, 0.5) is 0 Å². The van der Waals surface area contributed by atoms with E-state index in [9.17, 15) is 19.5 Å². The third kappa shape index (κ3) is 5.96. The number of carbonyl (C=O) groups excluding carboxylic acids is 2. The second-order valence-electron chi connectivity index (χ2n) is 12.4. The average Bonchev–Trinajstić information content (AvgIpc) is 2.80. The van der Waals surface area contributed by atoms with Crippen LogP contribution in [0.1, 0.15) is 91.5 Å². The standard InChI is InChI=1S/C31H40BrNO6/c1-7-11-39-29-19(32)12-18(13-24(29)38-8-2)26-27-20(14-30(3,4)16-22(27)34)33(10-9-25(36)37)21-15-31(5,6)17-23(35)28(21)26/h12-13,26H,7-11,14-17H2,1-6H3,(H,36,37). The number of nitrogens with zero attached hydrogens (tertiary/aromatic N) is 1. The lowest BCUT2D eigenvalue weighted by Crippen LogP contribution is -2.45. The Kier molecular flexibility index (Phi) is 8.36. The summed E-state index contributed by atoms with van der Waals surface area (Å²) in [6.45, 7) is 13.4. The predicted octanol–water partition coefficient (Wildman–Crippen LogP) is 6.80. The maximum Gasteiger partial charge on any atom is 0.305 e. The van der Waals surface area contributed by atoms with Gasteiger partial charge in [-0.3, -0.25) is 14.4 Å². The number of carboxylic acids is 1. The normalized spacial score (nSPS) is 20.6. The highest BCUT2D eigenvalue weighted by atomic mass is 79.9. The fourth-order valence-corrected chi connectivity index (χ4v) is 6.79.